The molecular weight excluding hydrogens is 441 g/mol. The van der Waals surface area contributed by atoms with Crippen LogP contribution in [0.5, 0.6) is 0 Å². The lowest BCUT2D eigenvalue weighted by Gasteiger charge is -2.08. The van der Waals surface area contributed by atoms with E-state index in [0.717, 1.165) is 16.3 Å². The predicted molar refractivity (Wildman–Crippen MR) is 123 cm³/mol. The minimum atomic E-state index is -0.247. The molecule has 6 nitrogen and oxygen atoms in total. The number of nitrogens with one attached hydrogen (secondary N) is 1. The smallest absolute Gasteiger partial charge is 0.234 e. The van der Waals surface area contributed by atoms with Crippen molar-refractivity contribution in [1.82, 2.24) is 14.9 Å². The SMILES string of the molecule is Nn1c(Cc2cccc3ccccc23)nnc1SCC(=O)Nc1cccc(Cl)c1Cl. The lowest BCUT2D eigenvalue weighted by molar-refractivity contribution is -0.113. The van der Waals surface area contributed by atoms with Crippen LogP contribution in [-0.2, 0) is 11.2 Å². The minimum Gasteiger partial charge on any atom is -0.336 e. The quantitative estimate of drug-likeness (QED) is 0.321. The van der Waals surface area contributed by atoms with E-state index < -0.39 is 0 Å². The van der Waals surface area contributed by atoms with Gasteiger partial charge in [0.2, 0.25) is 11.1 Å². The van der Waals surface area contributed by atoms with E-state index in [2.05, 4.69) is 33.7 Å². The van der Waals surface area contributed by atoms with Gasteiger partial charge in [0.25, 0.3) is 0 Å². The summed E-state index contributed by atoms with van der Waals surface area (Å²) in [5, 5.41) is 14.5. The average molecular weight is 458 g/mol. The first kappa shape index (κ1) is 20.5. The van der Waals surface area contributed by atoms with Crippen LogP contribution in [0.1, 0.15) is 11.4 Å². The summed E-state index contributed by atoms with van der Waals surface area (Å²) in [5.41, 5.74) is 1.57. The number of carbonyl (C=O) groups is 1. The molecule has 0 aliphatic rings. The van der Waals surface area contributed by atoms with Gasteiger partial charge in [0.05, 0.1) is 21.5 Å². The third-order valence-corrected chi connectivity index (χ3v) is 6.28. The number of carbonyl (C=O) groups excluding carboxylic acids is 1. The molecule has 0 aliphatic carbocycles. The number of hydrogen-bond acceptors (Lipinski definition) is 5. The second-order valence-corrected chi connectivity index (χ2v) is 8.25. The Kier molecular flexibility index (Phi) is 6.13. The van der Waals surface area contributed by atoms with Crippen molar-refractivity contribution >= 4 is 57.3 Å². The van der Waals surface area contributed by atoms with Gasteiger partial charge in [0, 0.05) is 6.42 Å². The molecule has 4 aromatic rings. The van der Waals surface area contributed by atoms with Gasteiger partial charge in [-0.15, -0.1) is 10.2 Å². The van der Waals surface area contributed by atoms with Crippen LogP contribution in [0.2, 0.25) is 10.0 Å². The lowest BCUT2D eigenvalue weighted by Crippen LogP contribution is -2.17. The maximum Gasteiger partial charge on any atom is 0.234 e. The van der Waals surface area contributed by atoms with E-state index in [1.54, 1.807) is 18.2 Å². The van der Waals surface area contributed by atoms with E-state index >= 15 is 0 Å². The number of fused-ring (bicyclic) bond motifs is 1. The Hall–Kier alpha value is -2.74. The van der Waals surface area contributed by atoms with Gasteiger partial charge in [-0.2, -0.15) is 0 Å². The fraction of sp³-hybridized carbons (Fsp3) is 0.0952. The van der Waals surface area contributed by atoms with E-state index in [-0.39, 0.29) is 11.7 Å². The van der Waals surface area contributed by atoms with Crippen molar-refractivity contribution in [3.8, 4) is 0 Å². The molecule has 3 N–H and O–H groups in total. The van der Waals surface area contributed by atoms with Gasteiger partial charge in [-0.05, 0) is 28.5 Å². The van der Waals surface area contributed by atoms with Crippen molar-refractivity contribution in [2.24, 2.45) is 0 Å². The number of amides is 1. The van der Waals surface area contributed by atoms with E-state index in [1.165, 1.54) is 16.4 Å². The molecule has 1 aromatic heterocycles. The van der Waals surface area contributed by atoms with Gasteiger partial charge in [0.15, 0.2) is 5.82 Å². The molecule has 30 heavy (non-hydrogen) atoms. The molecule has 0 saturated carbocycles. The highest BCUT2D eigenvalue weighted by Crippen LogP contribution is 2.30. The van der Waals surface area contributed by atoms with Crippen molar-refractivity contribution in [3.05, 3.63) is 82.1 Å². The Bertz CT molecular complexity index is 1220. The molecule has 0 bridgehead atoms. The summed E-state index contributed by atoms with van der Waals surface area (Å²) in [5.74, 6) is 6.65. The minimum absolute atomic E-state index is 0.104. The number of nitrogen functional groups attached to an aromatic ring is 1. The highest BCUT2D eigenvalue weighted by molar-refractivity contribution is 7.99. The number of halogens is 2. The number of nitrogens with zero attached hydrogens (tertiary/aromatic N) is 3. The van der Waals surface area contributed by atoms with E-state index in [4.69, 9.17) is 29.0 Å². The Morgan fingerprint density at radius 2 is 1.80 bits per heavy atom. The second-order valence-electron chi connectivity index (χ2n) is 6.52. The summed E-state index contributed by atoms with van der Waals surface area (Å²) < 4.78 is 1.42. The summed E-state index contributed by atoms with van der Waals surface area (Å²) in [6.45, 7) is 0. The topological polar surface area (TPSA) is 85.8 Å². The zero-order valence-electron chi connectivity index (χ0n) is 15.7. The first-order chi connectivity index (χ1) is 14.5. The molecule has 0 saturated heterocycles. The molecule has 1 heterocycles. The summed E-state index contributed by atoms with van der Waals surface area (Å²) >= 11 is 13.3. The largest absolute Gasteiger partial charge is 0.336 e. The van der Waals surface area contributed by atoms with Crippen molar-refractivity contribution in [1.29, 1.82) is 0 Å². The van der Waals surface area contributed by atoms with Gasteiger partial charge >= 0.3 is 0 Å². The molecule has 3 aromatic carbocycles. The van der Waals surface area contributed by atoms with E-state index in [1.807, 2.05) is 24.3 Å². The monoisotopic (exact) mass is 457 g/mol. The molecule has 0 unspecified atom stereocenters. The number of nitrogens with two attached hydrogens (primary N) is 1. The fourth-order valence-electron chi connectivity index (χ4n) is 3.06. The Morgan fingerprint density at radius 1 is 1.03 bits per heavy atom. The molecular formula is C21H17Cl2N5OS. The molecule has 0 spiro atoms. The van der Waals surface area contributed by atoms with Gasteiger partial charge in [-0.1, -0.05) is 83.5 Å². The van der Waals surface area contributed by atoms with Gasteiger partial charge in [-0.3, -0.25) is 4.79 Å². The Balaban J connectivity index is 1.43. The second kappa shape index (κ2) is 8.95. The van der Waals surface area contributed by atoms with Crippen molar-refractivity contribution in [3.63, 3.8) is 0 Å². The third-order valence-electron chi connectivity index (χ3n) is 4.52. The van der Waals surface area contributed by atoms with Gasteiger partial charge in [0.1, 0.15) is 0 Å². The molecule has 152 valence electrons. The highest BCUT2D eigenvalue weighted by Gasteiger charge is 2.15. The molecule has 1 amide bonds. The number of benzene rings is 3. The maximum absolute atomic E-state index is 12.3. The van der Waals surface area contributed by atoms with Crippen LogP contribution in [0.25, 0.3) is 10.8 Å². The van der Waals surface area contributed by atoms with Crippen molar-refractivity contribution in [2.75, 3.05) is 16.9 Å². The zero-order valence-corrected chi connectivity index (χ0v) is 18.0. The number of aromatic nitrogens is 3. The standard InChI is InChI=1S/C21H17Cl2N5OS/c22-16-9-4-10-17(20(16)23)25-19(29)12-30-21-27-26-18(28(21)24)11-14-7-3-6-13-5-1-2-8-15(13)14/h1-10H,11-12,24H2,(H,25,29). The van der Waals surface area contributed by atoms with Gasteiger partial charge in [-0.25, -0.2) is 4.68 Å². The fourth-order valence-corrected chi connectivity index (χ4v) is 4.08. The number of thioether (sulfide) groups is 1. The molecule has 9 heteroatoms. The van der Waals surface area contributed by atoms with Crippen LogP contribution in [-0.4, -0.2) is 26.5 Å². The zero-order chi connectivity index (χ0) is 21.1. The maximum atomic E-state index is 12.3. The van der Waals surface area contributed by atoms with Crippen LogP contribution in [0.4, 0.5) is 5.69 Å². The number of hydrogen-bond donors (Lipinski definition) is 2. The molecule has 0 fully saturated rings. The van der Waals surface area contributed by atoms with Crippen molar-refractivity contribution < 1.29 is 4.79 Å². The summed E-state index contributed by atoms with van der Waals surface area (Å²) in [7, 11) is 0. The number of anilines is 1. The van der Waals surface area contributed by atoms with E-state index in [0.29, 0.717) is 33.1 Å². The molecule has 0 atom stereocenters. The molecule has 4 rings (SSSR count). The summed E-state index contributed by atoms with van der Waals surface area (Å²) in [6, 6.07) is 19.3. The van der Waals surface area contributed by atoms with Crippen LogP contribution in [0.3, 0.4) is 0 Å². The first-order valence-electron chi connectivity index (χ1n) is 9.05. The van der Waals surface area contributed by atoms with Crippen LogP contribution in [0.15, 0.2) is 65.8 Å². The predicted octanol–water partition coefficient (Wildman–Crippen LogP) is 4.77. The van der Waals surface area contributed by atoms with Crippen LogP contribution < -0.4 is 11.2 Å². The van der Waals surface area contributed by atoms with Crippen LogP contribution in [0, 0.1) is 0 Å². The highest BCUT2D eigenvalue weighted by atomic mass is 35.5. The molecule has 0 aliphatic heterocycles. The normalized spacial score (nSPS) is 11.0. The first-order valence-corrected chi connectivity index (χ1v) is 10.8. The van der Waals surface area contributed by atoms with Crippen LogP contribution >= 0.6 is 35.0 Å². The molecule has 0 radical (unpaired) electrons. The lowest BCUT2D eigenvalue weighted by atomic mass is 10.0. The Morgan fingerprint density at radius 3 is 2.67 bits per heavy atom. The number of rotatable bonds is 6. The Labute approximate surface area is 187 Å². The van der Waals surface area contributed by atoms with Gasteiger partial charge < -0.3 is 11.2 Å². The summed E-state index contributed by atoms with van der Waals surface area (Å²) in [4.78, 5) is 12.3. The third kappa shape index (κ3) is 4.38. The summed E-state index contributed by atoms with van der Waals surface area (Å²) in [6.07, 6.45) is 0.537. The van der Waals surface area contributed by atoms with E-state index in [9.17, 15) is 4.79 Å². The average Bonchev–Trinajstić information content (AvgIpc) is 3.09. The van der Waals surface area contributed by atoms with Crippen molar-refractivity contribution in [2.45, 2.75) is 11.6 Å².